The molecule has 0 aromatic carbocycles. The summed E-state index contributed by atoms with van der Waals surface area (Å²) in [6.07, 6.45) is 1.04. The molecule has 106 valence electrons. The number of carboxylic acids is 1. The fourth-order valence-electron chi connectivity index (χ4n) is 1.42. The van der Waals surface area contributed by atoms with Crippen molar-refractivity contribution in [3.8, 4) is 0 Å². The number of urea groups is 1. The van der Waals surface area contributed by atoms with Crippen LogP contribution in [-0.2, 0) is 9.53 Å². The number of amides is 2. The maximum Gasteiger partial charge on any atom is 0.326 e. The molecule has 0 aliphatic heterocycles. The van der Waals surface area contributed by atoms with Crippen LogP contribution in [0.5, 0.6) is 0 Å². The van der Waals surface area contributed by atoms with Gasteiger partial charge < -0.3 is 25.2 Å². The molecule has 0 aromatic rings. The Balaban J connectivity index is 4.40. The van der Waals surface area contributed by atoms with Crippen LogP contribution in [0.1, 0.15) is 19.8 Å². The van der Waals surface area contributed by atoms with Crippen LogP contribution in [-0.4, -0.2) is 66.6 Å². The van der Waals surface area contributed by atoms with Crippen LogP contribution in [0.25, 0.3) is 0 Å². The minimum absolute atomic E-state index is 0.146. The summed E-state index contributed by atoms with van der Waals surface area (Å²) in [5.74, 6) is -1.05. The molecule has 2 amide bonds. The second-order valence-corrected chi connectivity index (χ2v) is 3.83. The van der Waals surface area contributed by atoms with Gasteiger partial charge in [-0.3, -0.25) is 0 Å². The van der Waals surface area contributed by atoms with E-state index >= 15 is 0 Å². The molecule has 0 aliphatic rings. The van der Waals surface area contributed by atoms with Crippen LogP contribution >= 0.6 is 0 Å². The molecule has 0 fully saturated rings. The first-order valence-corrected chi connectivity index (χ1v) is 5.94. The molecule has 7 nitrogen and oxygen atoms in total. The molecule has 0 aromatic heterocycles. The van der Waals surface area contributed by atoms with Gasteiger partial charge in [-0.25, -0.2) is 9.59 Å². The summed E-state index contributed by atoms with van der Waals surface area (Å²) in [7, 11) is 1.51. The first kappa shape index (κ1) is 16.7. The van der Waals surface area contributed by atoms with Gasteiger partial charge >= 0.3 is 12.0 Å². The molecule has 3 N–H and O–H groups in total. The Bertz CT molecular complexity index is 260. The molecule has 18 heavy (non-hydrogen) atoms. The highest BCUT2D eigenvalue weighted by Gasteiger charge is 2.21. The Hall–Kier alpha value is -1.34. The molecule has 1 atom stereocenters. The predicted octanol–water partition coefficient (Wildman–Crippen LogP) is -0.110. The number of hydrogen-bond acceptors (Lipinski definition) is 4. The summed E-state index contributed by atoms with van der Waals surface area (Å²) < 4.78 is 4.85. The van der Waals surface area contributed by atoms with Gasteiger partial charge in [-0.05, 0) is 6.42 Å². The summed E-state index contributed by atoms with van der Waals surface area (Å²) in [5, 5.41) is 20.2. The molecule has 7 heteroatoms. The Labute approximate surface area is 107 Å². The number of nitrogens with zero attached hydrogens (tertiary/aromatic N) is 1. The Morgan fingerprint density at radius 3 is 2.50 bits per heavy atom. The number of rotatable bonds is 9. The Kier molecular flexibility index (Phi) is 8.95. The summed E-state index contributed by atoms with van der Waals surface area (Å²) in [6.45, 7) is 2.45. The molecule has 0 saturated heterocycles. The highest BCUT2D eigenvalue weighted by atomic mass is 16.5. The van der Waals surface area contributed by atoms with E-state index in [0.29, 0.717) is 26.0 Å². The average molecular weight is 262 g/mol. The van der Waals surface area contributed by atoms with E-state index in [9.17, 15) is 9.59 Å². The molecule has 0 unspecified atom stereocenters. The number of aliphatic hydroxyl groups is 1. The van der Waals surface area contributed by atoms with Crippen molar-refractivity contribution >= 4 is 12.0 Å². The zero-order valence-corrected chi connectivity index (χ0v) is 10.9. The van der Waals surface area contributed by atoms with Crippen molar-refractivity contribution in [1.82, 2.24) is 10.2 Å². The third kappa shape index (κ3) is 6.41. The quantitative estimate of drug-likeness (QED) is 0.538. The van der Waals surface area contributed by atoms with E-state index in [1.54, 1.807) is 0 Å². The monoisotopic (exact) mass is 262 g/mol. The molecule has 0 radical (unpaired) electrons. The SMILES string of the molecule is CCC[C@H](NC(=O)N(CCO)CCOC)C(=O)O. The molecule has 0 spiro atoms. The van der Waals surface area contributed by atoms with E-state index in [-0.39, 0.29) is 13.2 Å². The van der Waals surface area contributed by atoms with Crippen molar-refractivity contribution < 1.29 is 24.5 Å². The number of nitrogens with one attached hydrogen (secondary N) is 1. The lowest BCUT2D eigenvalue weighted by atomic mass is 10.2. The van der Waals surface area contributed by atoms with Gasteiger partial charge in [0.15, 0.2) is 0 Å². The van der Waals surface area contributed by atoms with Gasteiger partial charge in [-0.2, -0.15) is 0 Å². The Morgan fingerprint density at radius 2 is 2.06 bits per heavy atom. The van der Waals surface area contributed by atoms with E-state index in [0.717, 1.165) is 0 Å². The van der Waals surface area contributed by atoms with Crippen LogP contribution in [0.15, 0.2) is 0 Å². The first-order chi connectivity index (χ1) is 8.56. The van der Waals surface area contributed by atoms with Crippen molar-refractivity contribution in [3.63, 3.8) is 0 Å². The number of aliphatic hydroxyl groups excluding tert-OH is 1. The molecular formula is C11H22N2O5. The minimum Gasteiger partial charge on any atom is -0.480 e. The Morgan fingerprint density at radius 1 is 1.39 bits per heavy atom. The number of carboxylic acid groups (broad SMARTS) is 1. The van der Waals surface area contributed by atoms with Crippen molar-refractivity contribution in [3.05, 3.63) is 0 Å². The van der Waals surface area contributed by atoms with Crippen LogP contribution < -0.4 is 5.32 Å². The second-order valence-electron chi connectivity index (χ2n) is 3.83. The van der Waals surface area contributed by atoms with Crippen molar-refractivity contribution in [2.45, 2.75) is 25.8 Å². The lowest BCUT2D eigenvalue weighted by Gasteiger charge is -2.24. The van der Waals surface area contributed by atoms with E-state index in [1.165, 1.54) is 12.0 Å². The van der Waals surface area contributed by atoms with Gasteiger partial charge in [-0.15, -0.1) is 0 Å². The van der Waals surface area contributed by atoms with Gasteiger partial charge in [0.25, 0.3) is 0 Å². The second kappa shape index (κ2) is 9.67. The van der Waals surface area contributed by atoms with Crippen molar-refractivity contribution in [1.29, 1.82) is 0 Å². The van der Waals surface area contributed by atoms with E-state index in [1.807, 2.05) is 6.92 Å². The number of methoxy groups -OCH3 is 1. The minimum atomic E-state index is -1.05. The number of carbonyl (C=O) groups excluding carboxylic acids is 1. The van der Waals surface area contributed by atoms with Crippen LogP contribution in [0, 0.1) is 0 Å². The number of ether oxygens (including phenoxy) is 1. The van der Waals surface area contributed by atoms with Gasteiger partial charge in [0.2, 0.25) is 0 Å². The van der Waals surface area contributed by atoms with Gasteiger partial charge in [0.05, 0.1) is 13.2 Å². The highest BCUT2D eigenvalue weighted by Crippen LogP contribution is 1.99. The largest absolute Gasteiger partial charge is 0.480 e. The number of carbonyl (C=O) groups is 2. The zero-order valence-electron chi connectivity index (χ0n) is 10.9. The van der Waals surface area contributed by atoms with Crippen LogP contribution in [0.3, 0.4) is 0 Å². The lowest BCUT2D eigenvalue weighted by Crippen LogP contribution is -2.49. The number of hydrogen-bond donors (Lipinski definition) is 3. The van der Waals surface area contributed by atoms with E-state index in [4.69, 9.17) is 14.9 Å². The van der Waals surface area contributed by atoms with Gasteiger partial charge in [0.1, 0.15) is 6.04 Å². The van der Waals surface area contributed by atoms with Crippen molar-refractivity contribution in [2.24, 2.45) is 0 Å². The molecule has 0 saturated carbocycles. The van der Waals surface area contributed by atoms with Crippen LogP contribution in [0.4, 0.5) is 4.79 Å². The molecule has 0 rings (SSSR count). The normalized spacial score (nSPS) is 11.9. The average Bonchev–Trinajstić information content (AvgIpc) is 2.33. The smallest absolute Gasteiger partial charge is 0.326 e. The van der Waals surface area contributed by atoms with E-state index in [2.05, 4.69) is 5.32 Å². The molecule has 0 heterocycles. The summed E-state index contributed by atoms with van der Waals surface area (Å²) in [6, 6.07) is -1.40. The fourth-order valence-corrected chi connectivity index (χ4v) is 1.42. The third-order valence-electron chi connectivity index (χ3n) is 2.40. The highest BCUT2D eigenvalue weighted by molar-refractivity contribution is 5.82. The first-order valence-electron chi connectivity index (χ1n) is 5.94. The summed E-state index contributed by atoms with van der Waals surface area (Å²) in [5.41, 5.74) is 0. The number of aliphatic carboxylic acids is 1. The predicted molar refractivity (Wildman–Crippen MR) is 65.4 cm³/mol. The van der Waals surface area contributed by atoms with Crippen LogP contribution in [0.2, 0.25) is 0 Å². The van der Waals surface area contributed by atoms with Crippen molar-refractivity contribution in [2.75, 3.05) is 33.4 Å². The standard InChI is InChI=1S/C11H22N2O5/c1-3-4-9(10(15)16)12-11(17)13(5-7-14)6-8-18-2/h9,14H,3-8H2,1-2H3,(H,12,17)(H,15,16)/t9-/m0/s1. The molecular weight excluding hydrogens is 240 g/mol. The topological polar surface area (TPSA) is 99.1 Å². The van der Waals surface area contributed by atoms with Gasteiger partial charge in [0, 0.05) is 20.2 Å². The van der Waals surface area contributed by atoms with Gasteiger partial charge in [-0.1, -0.05) is 13.3 Å². The van der Waals surface area contributed by atoms with E-state index < -0.39 is 18.0 Å². The lowest BCUT2D eigenvalue weighted by molar-refractivity contribution is -0.139. The maximum absolute atomic E-state index is 11.8. The molecule has 0 bridgehead atoms. The summed E-state index contributed by atoms with van der Waals surface area (Å²) in [4.78, 5) is 24.1. The summed E-state index contributed by atoms with van der Waals surface area (Å²) >= 11 is 0. The zero-order chi connectivity index (χ0) is 14.0. The molecule has 0 aliphatic carbocycles. The fraction of sp³-hybridized carbons (Fsp3) is 0.818. The third-order valence-corrected chi connectivity index (χ3v) is 2.40. The maximum atomic E-state index is 11.8.